The Kier molecular flexibility index (Phi) is 4.10. The summed E-state index contributed by atoms with van der Waals surface area (Å²) in [5.74, 6) is 2.55. The zero-order valence-electron chi connectivity index (χ0n) is 19.4. The van der Waals surface area contributed by atoms with Crippen molar-refractivity contribution in [1.29, 1.82) is 0 Å². The maximum absolute atomic E-state index is 6.86. The third-order valence-electron chi connectivity index (χ3n) is 6.95. The van der Waals surface area contributed by atoms with Gasteiger partial charge in [0.05, 0.1) is 10.9 Å². The maximum atomic E-state index is 6.86. The van der Waals surface area contributed by atoms with E-state index in [0.717, 1.165) is 17.9 Å². The fourth-order valence-corrected chi connectivity index (χ4v) is 5.52. The summed E-state index contributed by atoms with van der Waals surface area (Å²) in [5, 5.41) is 7.62. The van der Waals surface area contributed by atoms with Crippen molar-refractivity contribution in [2.24, 2.45) is 13.0 Å². The minimum atomic E-state index is 0.539. The average molecular weight is 419 g/mol. The molecule has 5 aromatic rings. The van der Waals surface area contributed by atoms with E-state index in [1.807, 2.05) is 0 Å². The van der Waals surface area contributed by atoms with Crippen LogP contribution in [0.25, 0.3) is 43.6 Å². The Labute approximate surface area is 189 Å². The monoisotopic (exact) mass is 418 g/mol. The van der Waals surface area contributed by atoms with Crippen molar-refractivity contribution in [2.75, 3.05) is 0 Å². The second-order valence-electron chi connectivity index (χ2n) is 9.72. The molecule has 0 fully saturated rings. The van der Waals surface area contributed by atoms with E-state index in [0.29, 0.717) is 5.92 Å². The van der Waals surface area contributed by atoms with Gasteiger partial charge in [-0.15, -0.1) is 0 Å². The smallest absolute Gasteiger partial charge is 0.228 e. The van der Waals surface area contributed by atoms with Crippen LogP contribution >= 0.6 is 0 Å². The molecule has 0 N–H and O–H groups in total. The normalized spacial score (nSPS) is 12.6. The molecule has 32 heavy (non-hydrogen) atoms. The van der Waals surface area contributed by atoms with Crippen molar-refractivity contribution < 1.29 is 9.30 Å². The Hall–Kier alpha value is -3.39. The lowest BCUT2D eigenvalue weighted by Gasteiger charge is -2.26. The quantitative estimate of drug-likeness (QED) is 0.209. The highest BCUT2D eigenvalue weighted by Crippen LogP contribution is 2.52. The number of aromatic nitrogens is 1. The number of fused-ring (bicyclic) bond motifs is 5. The number of hydrogen-bond acceptors (Lipinski definition) is 1. The molecule has 4 aromatic carbocycles. The molecule has 1 aromatic heterocycles. The largest absolute Gasteiger partial charge is 0.455 e. The molecule has 0 unspecified atom stereocenters. The van der Waals surface area contributed by atoms with Gasteiger partial charge in [0.15, 0.2) is 6.20 Å². The summed E-state index contributed by atoms with van der Waals surface area (Å²) in [6.07, 6.45) is 3.19. The standard InChI is InChI=1S/C30H28NO/c1-17(2)14-25-24-15-18(3)10-11-21(24)19(4)27-29-28-23(12-13-31(29)5)22-9-7-6-8-20(22)16-26(28)32-30(25)27/h6-13,15-17H,14H2,1-5H3/q+1. The van der Waals surface area contributed by atoms with Crippen molar-refractivity contribution in [3.8, 4) is 22.8 Å². The Bertz CT molecular complexity index is 1580. The van der Waals surface area contributed by atoms with Gasteiger partial charge >= 0.3 is 0 Å². The molecule has 0 aliphatic carbocycles. The molecule has 1 aliphatic heterocycles. The summed E-state index contributed by atoms with van der Waals surface area (Å²) in [4.78, 5) is 0. The molecule has 2 nitrogen and oxygen atoms in total. The van der Waals surface area contributed by atoms with E-state index in [4.69, 9.17) is 4.74 Å². The molecule has 2 heteroatoms. The van der Waals surface area contributed by atoms with Crippen molar-refractivity contribution in [1.82, 2.24) is 0 Å². The summed E-state index contributed by atoms with van der Waals surface area (Å²) in [5.41, 5.74) is 6.42. The van der Waals surface area contributed by atoms with E-state index in [1.165, 1.54) is 60.3 Å². The SMILES string of the molecule is Cc1ccc2c(C)c3c(c(CC(C)C)c2c1)Oc1cc2ccccc2c2cc[n+](C)c-3c12. The number of aryl methyl sites for hydroxylation is 3. The predicted octanol–water partition coefficient (Wildman–Crippen LogP) is 7.56. The molecule has 0 bridgehead atoms. The van der Waals surface area contributed by atoms with Crippen molar-refractivity contribution in [2.45, 2.75) is 34.1 Å². The van der Waals surface area contributed by atoms with E-state index >= 15 is 0 Å². The second-order valence-corrected chi connectivity index (χ2v) is 9.72. The number of nitrogens with zero attached hydrogens (tertiary/aromatic N) is 1. The molecule has 0 atom stereocenters. The Morgan fingerprint density at radius 3 is 2.50 bits per heavy atom. The highest BCUT2D eigenvalue weighted by atomic mass is 16.5. The molecule has 0 radical (unpaired) electrons. The van der Waals surface area contributed by atoms with Gasteiger partial charge in [-0.2, -0.15) is 0 Å². The second kappa shape index (κ2) is 6.80. The van der Waals surface area contributed by atoms with E-state index in [2.05, 4.69) is 100 Å². The molecular weight excluding hydrogens is 390 g/mol. The van der Waals surface area contributed by atoms with E-state index in [-0.39, 0.29) is 0 Å². The lowest BCUT2D eigenvalue weighted by molar-refractivity contribution is -0.659. The van der Waals surface area contributed by atoms with Gasteiger partial charge < -0.3 is 4.74 Å². The number of benzene rings is 4. The summed E-state index contributed by atoms with van der Waals surface area (Å²) in [6.45, 7) is 9.01. The first-order valence-corrected chi connectivity index (χ1v) is 11.5. The zero-order valence-corrected chi connectivity index (χ0v) is 19.4. The van der Waals surface area contributed by atoms with Gasteiger partial charge in [0.1, 0.15) is 18.5 Å². The molecule has 0 saturated heterocycles. The molecule has 6 rings (SSSR count). The Morgan fingerprint density at radius 2 is 1.69 bits per heavy atom. The van der Waals surface area contributed by atoms with E-state index < -0.39 is 0 Å². The van der Waals surface area contributed by atoms with Crippen molar-refractivity contribution in [3.05, 3.63) is 77.5 Å². The van der Waals surface area contributed by atoms with E-state index in [1.54, 1.807) is 0 Å². The van der Waals surface area contributed by atoms with Crippen LogP contribution in [0.5, 0.6) is 11.5 Å². The number of ether oxygens (including phenoxy) is 1. The number of pyridine rings is 1. The van der Waals surface area contributed by atoms with Gasteiger partial charge in [0.2, 0.25) is 5.69 Å². The summed E-state index contributed by atoms with van der Waals surface area (Å²) >= 11 is 0. The summed E-state index contributed by atoms with van der Waals surface area (Å²) < 4.78 is 9.13. The van der Waals surface area contributed by atoms with Gasteiger partial charge in [-0.25, -0.2) is 4.57 Å². The number of rotatable bonds is 2. The molecule has 2 heterocycles. The molecule has 0 amide bonds. The first kappa shape index (κ1) is 19.3. The predicted molar refractivity (Wildman–Crippen MR) is 134 cm³/mol. The highest BCUT2D eigenvalue weighted by molar-refractivity contribution is 6.16. The van der Waals surface area contributed by atoms with Crippen LogP contribution in [-0.4, -0.2) is 0 Å². The topological polar surface area (TPSA) is 13.1 Å². The lowest BCUT2D eigenvalue weighted by Crippen LogP contribution is -2.32. The summed E-state index contributed by atoms with van der Waals surface area (Å²) in [6, 6.07) is 19.9. The molecule has 0 spiro atoms. The fourth-order valence-electron chi connectivity index (χ4n) is 5.52. The third kappa shape index (κ3) is 2.62. The highest BCUT2D eigenvalue weighted by Gasteiger charge is 2.33. The Morgan fingerprint density at radius 1 is 0.875 bits per heavy atom. The van der Waals surface area contributed by atoms with Gasteiger partial charge in [0.25, 0.3) is 0 Å². The minimum absolute atomic E-state index is 0.539. The molecular formula is C30H28NO+. The number of hydrogen-bond donors (Lipinski definition) is 0. The molecule has 1 aliphatic rings. The van der Waals surface area contributed by atoms with Crippen LogP contribution in [0, 0.1) is 19.8 Å². The maximum Gasteiger partial charge on any atom is 0.228 e. The van der Waals surface area contributed by atoms with Crippen molar-refractivity contribution >= 4 is 32.3 Å². The van der Waals surface area contributed by atoms with Crippen LogP contribution in [0.2, 0.25) is 0 Å². The summed E-state index contributed by atoms with van der Waals surface area (Å²) in [7, 11) is 2.16. The van der Waals surface area contributed by atoms with Gasteiger partial charge in [-0.3, -0.25) is 0 Å². The van der Waals surface area contributed by atoms with Crippen LogP contribution < -0.4 is 9.30 Å². The first-order valence-electron chi connectivity index (χ1n) is 11.5. The van der Waals surface area contributed by atoms with Gasteiger partial charge in [-0.05, 0) is 59.4 Å². The van der Waals surface area contributed by atoms with Gasteiger partial charge in [0, 0.05) is 17.0 Å². The Balaban J connectivity index is 1.83. The zero-order chi connectivity index (χ0) is 22.1. The first-order chi connectivity index (χ1) is 15.4. The van der Waals surface area contributed by atoms with Crippen LogP contribution in [-0.2, 0) is 13.5 Å². The van der Waals surface area contributed by atoms with Crippen LogP contribution in [0.3, 0.4) is 0 Å². The third-order valence-corrected chi connectivity index (χ3v) is 6.95. The van der Waals surface area contributed by atoms with Crippen molar-refractivity contribution in [3.63, 3.8) is 0 Å². The van der Waals surface area contributed by atoms with E-state index in [9.17, 15) is 0 Å². The van der Waals surface area contributed by atoms with Crippen LogP contribution in [0.4, 0.5) is 0 Å². The molecule has 158 valence electrons. The lowest BCUT2D eigenvalue weighted by atomic mass is 9.85. The fraction of sp³-hybridized carbons (Fsp3) is 0.233. The van der Waals surface area contributed by atoms with Crippen LogP contribution in [0.1, 0.15) is 30.5 Å². The molecule has 0 saturated carbocycles. The van der Waals surface area contributed by atoms with Crippen LogP contribution in [0.15, 0.2) is 60.8 Å². The van der Waals surface area contributed by atoms with Gasteiger partial charge in [-0.1, -0.05) is 61.9 Å². The minimum Gasteiger partial charge on any atom is -0.455 e. The average Bonchev–Trinajstić information content (AvgIpc) is 2.77.